The lowest BCUT2D eigenvalue weighted by atomic mass is 9.91. The van der Waals surface area contributed by atoms with Gasteiger partial charge in [0, 0.05) is 46.3 Å². The monoisotopic (exact) mass is 348 g/mol. The SMILES string of the molecule is CCOc1cc(C(=O)C2=C(OC)C(Cl)=C3[C]=C(C)N=C3C2)cs1. The fraction of sp³-hybridized carbons (Fsp3) is 0.294. The van der Waals surface area contributed by atoms with Crippen molar-refractivity contribution < 1.29 is 14.3 Å². The molecule has 0 aromatic carbocycles. The minimum Gasteiger partial charge on any atom is -0.495 e. The predicted octanol–water partition coefficient (Wildman–Crippen LogP) is 4.29. The van der Waals surface area contributed by atoms with Crippen LogP contribution in [0.4, 0.5) is 0 Å². The van der Waals surface area contributed by atoms with Crippen molar-refractivity contribution in [2.24, 2.45) is 4.99 Å². The summed E-state index contributed by atoms with van der Waals surface area (Å²) in [5.41, 5.74) is 3.32. The molecule has 1 aliphatic heterocycles. The first-order chi connectivity index (χ1) is 11.0. The van der Waals surface area contributed by atoms with Crippen molar-refractivity contribution in [3.63, 3.8) is 0 Å². The number of ether oxygens (including phenoxy) is 2. The summed E-state index contributed by atoms with van der Waals surface area (Å²) in [5.74, 6) is 0.283. The number of hydrogen-bond acceptors (Lipinski definition) is 5. The lowest BCUT2D eigenvalue weighted by molar-refractivity contribution is 0.102. The Bertz CT molecular complexity index is 799. The molecule has 0 saturated heterocycles. The summed E-state index contributed by atoms with van der Waals surface area (Å²) in [5, 5.41) is 2.89. The average molecular weight is 349 g/mol. The van der Waals surface area contributed by atoms with Crippen LogP contribution in [0.25, 0.3) is 0 Å². The van der Waals surface area contributed by atoms with E-state index in [-0.39, 0.29) is 5.78 Å². The van der Waals surface area contributed by atoms with Crippen LogP contribution < -0.4 is 4.74 Å². The number of allylic oxidation sites excluding steroid dienone is 5. The fourth-order valence-corrected chi connectivity index (χ4v) is 3.71. The summed E-state index contributed by atoms with van der Waals surface area (Å²) in [4.78, 5) is 17.3. The molecule has 0 spiro atoms. The van der Waals surface area contributed by atoms with Crippen molar-refractivity contribution in [1.82, 2.24) is 0 Å². The highest BCUT2D eigenvalue weighted by molar-refractivity contribution is 7.12. The summed E-state index contributed by atoms with van der Waals surface area (Å²) >= 11 is 7.79. The van der Waals surface area contributed by atoms with E-state index in [2.05, 4.69) is 11.1 Å². The van der Waals surface area contributed by atoms with Gasteiger partial charge in [-0.1, -0.05) is 11.6 Å². The first-order valence-electron chi connectivity index (χ1n) is 7.17. The number of nitrogens with zero attached hydrogens (tertiary/aromatic N) is 1. The Morgan fingerprint density at radius 2 is 2.30 bits per heavy atom. The highest BCUT2D eigenvalue weighted by Gasteiger charge is 2.32. The Labute approximate surface area is 143 Å². The summed E-state index contributed by atoms with van der Waals surface area (Å²) in [6.45, 7) is 4.32. The lowest BCUT2D eigenvalue weighted by Gasteiger charge is -2.19. The number of halogens is 1. The first-order valence-corrected chi connectivity index (χ1v) is 8.42. The van der Waals surface area contributed by atoms with E-state index in [0.29, 0.717) is 35.0 Å². The number of fused-ring (bicyclic) bond motifs is 1. The van der Waals surface area contributed by atoms with Crippen molar-refractivity contribution in [2.45, 2.75) is 20.3 Å². The molecule has 0 fully saturated rings. The number of thiophene rings is 1. The van der Waals surface area contributed by atoms with Gasteiger partial charge in [0.15, 0.2) is 10.8 Å². The van der Waals surface area contributed by atoms with Crippen molar-refractivity contribution in [2.75, 3.05) is 13.7 Å². The van der Waals surface area contributed by atoms with Gasteiger partial charge in [-0.25, -0.2) is 0 Å². The van der Waals surface area contributed by atoms with Crippen LogP contribution in [0.3, 0.4) is 0 Å². The van der Waals surface area contributed by atoms with E-state index in [4.69, 9.17) is 21.1 Å². The van der Waals surface area contributed by atoms with Gasteiger partial charge < -0.3 is 9.47 Å². The second-order valence-corrected chi connectivity index (χ2v) is 6.31. The molecule has 1 aromatic rings. The molecule has 119 valence electrons. The largest absolute Gasteiger partial charge is 0.495 e. The van der Waals surface area contributed by atoms with Crippen LogP contribution >= 0.6 is 22.9 Å². The van der Waals surface area contributed by atoms with Crippen LogP contribution in [-0.4, -0.2) is 25.2 Å². The van der Waals surface area contributed by atoms with Gasteiger partial charge in [0.25, 0.3) is 0 Å². The molecule has 1 aromatic heterocycles. The molecule has 4 nitrogen and oxygen atoms in total. The van der Waals surface area contributed by atoms with Gasteiger partial charge in [0.1, 0.15) is 5.76 Å². The maximum Gasteiger partial charge on any atom is 0.194 e. The van der Waals surface area contributed by atoms with E-state index in [0.717, 1.165) is 22.0 Å². The molecule has 0 unspecified atom stereocenters. The van der Waals surface area contributed by atoms with Crippen molar-refractivity contribution in [1.29, 1.82) is 0 Å². The molecule has 23 heavy (non-hydrogen) atoms. The maximum absolute atomic E-state index is 12.9. The average Bonchev–Trinajstić information content (AvgIpc) is 3.13. The van der Waals surface area contributed by atoms with Gasteiger partial charge in [-0.15, -0.1) is 11.3 Å². The number of carbonyl (C=O) groups excluding carboxylic acids is 1. The van der Waals surface area contributed by atoms with Crippen molar-refractivity contribution >= 4 is 34.4 Å². The Balaban J connectivity index is 1.99. The second kappa shape index (κ2) is 6.34. The first kappa shape index (κ1) is 16.0. The summed E-state index contributed by atoms with van der Waals surface area (Å²) in [6, 6.07) is 1.75. The number of Topliss-reactive ketones (excluding diaryl/α,β-unsaturated/α-hetero) is 1. The van der Waals surface area contributed by atoms with E-state index < -0.39 is 0 Å². The molecule has 1 aliphatic carbocycles. The number of ketones is 1. The van der Waals surface area contributed by atoms with Crippen LogP contribution in [0.15, 0.2) is 44.1 Å². The third-order valence-corrected chi connectivity index (χ3v) is 4.74. The Kier molecular flexibility index (Phi) is 4.41. The molecular weight excluding hydrogens is 334 g/mol. The third-order valence-electron chi connectivity index (χ3n) is 3.54. The third kappa shape index (κ3) is 2.86. The molecule has 0 atom stereocenters. The maximum atomic E-state index is 12.9. The Hall–Kier alpha value is -1.85. The summed E-state index contributed by atoms with van der Waals surface area (Å²) < 4.78 is 10.8. The highest BCUT2D eigenvalue weighted by atomic mass is 35.5. The van der Waals surface area contributed by atoms with Gasteiger partial charge in [0.2, 0.25) is 0 Å². The van der Waals surface area contributed by atoms with Crippen LogP contribution in [-0.2, 0) is 4.74 Å². The predicted molar refractivity (Wildman–Crippen MR) is 91.2 cm³/mol. The van der Waals surface area contributed by atoms with Crippen molar-refractivity contribution in [3.8, 4) is 5.06 Å². The van der Waals surface area contributed by atoms with Gasteiger partial charge in [-0.2, -0.15) is 0 Å². The fourth-order valence-electron chi connectivity index (χ4n) is 2.57. The van der Waals surface area contributed by atoms with Crippen molar-refractivity contribution in [3.05, 3.63) is 50.7 Å². The standard InChI is InChI=1S/C17H15ClNO3S/c1-4-22-14-6-10(8-23-14)16(20)12-7-13-11(5-9(2)19-13)15(18)17(12)21-3/h6,8H,4,7H2,1-3H3. The van der Waals surface area contributed by atoms with Gasteiger partial charge >= 0.3 is 0 Å². The lowest BCUT2D eigenvalue weighted by Crippen LogP contribution is -2.18. The quantitative estimate of drug-likeness (QED) is 0.746. The normalized spacial score (nSPS) is 17.0. The van der Waals surface area contributed by atoms with E-state index in [9.17, 15) is 4.79 Å². The number of methoxy groups -OCH3 is 1. The Morgan fingerprint density at radius 1 is 1.52 bits per heavy atom. The molecule has 0 N–H and O–H groups in total. The second-order valence-electron chi connectivity index (χ2n) is 5.06. The molecule has 6 heteroatoms. The van der Waals surface area contributed by atoms with E-state index in [1.165, 1.54) is 18.4 Å². The van der Waals surface area contributed by atoms with Gasteiger partial charge in [0.05, 0.1) is 24.5 Å². The molecule has 2 heterocycles. The van der Waals surface area contributed by atoms with Crippen LogP contribution in [0.2, 0.25) is 0 Å². The Morgan fingerprint density at radius 3 is 3.00 bits per heavy atom. The number of rotatable bonds is 5. The van der Waals surface area contributed by atoms with Crippen LogP contribution in [0.1, 0.15) is 30.6 Å². The molecule has 3 rings (SSSR count). The van der Waals surface area contributed by atoms with Crippen LogP contribution in [0, 0.1) is 6.08 Å². The van der Waals surface area contributed by atoms with Crippen LogP contribution in [0.5, 0.6) is 5.06 Å². The summed E-state index contributed by atoms with van der Waals surface area (Å²) in [6.07, 6.45) is 3.49. The molecular formula is C17H15ClNO3S. The zero-order valence-electron chi connectivity index (χ0n) is 13.0. The zero-order chi connectivity index (χ0) is 16.6. The minimum absolute atomic E-state index is 0.117. The smallest absolute Gasteiger partial charge is 0.194 e. The molecule has 1 radical (unpaired) electrons. The zero-order valence-corrected chi connectivity index (χ0v) is 14.6. The molecule has 0 bridgehead atoms. The van der Waals surface area contributed by atoms with Gasteiger partial charge in [-0.05, 0) is 13.8 Å². The highest BCUT2D eigenvalue weighted by Crippen LogP contribution is 2.37. The number of aliphatic imine (C=N–C) groups is 1. The summed E-state index contributed by atoms with van der Waals surface area (Å²) in [7, 11) is 1.51. The molecule has 2 aliphatic rings. The van der Waals surface area contributed by atoms with E-state index in [1.54, 1.807) is 11.4 Å². The molecule has 0 amide bonds. The molecule has 0 saturated carbocycles. The number of carbonyl (C=O) groups is 1. The minimum atomic E-state index is -0.117. The topological polar surface area (TPSA) is 47.9 Å². The number of hydrogen-bond donors (Lipinski definition) is 0. The van der Waals surface area contributed by atoms with Gasteiger partial charge in [-0.3, -0.25) is 9.79 Å². The van der Waals surface area contributed by atoms with E-state index >= 15 is 0 Å². The van der Waals surface area contributed by atoms with E-state index in [1.807, 2.05) is 13.8 Å².